The minimum absolute atomic E-state index is 0.121. The van der Waals surface area contributed by atoms with Gasteiger partial charge in [0.1, 0.15) is 20.4 Å². The van der Waals surface area contributed by atoms with E-state index in [1.165, 1.54) is 5.56 Å². The number of benzene rings is 1. The topological polar surface area (TPSA) is 102 Å². The van der Waals surface area contributed by atoms with E-state index >= 15 is 0 Å². The Hall–Kier alpha value is -2.76. The average molecular weight is 598 g/mol. The highest BCUT2D eigenvalue weighted by Gasteiger charge is 2.40. The van der Waals surface area contributed by atoms with E-state index < -0.39 is 0 Å². The van der Waals surface area contributed by atoms with Crippen LogP contribution >= 0.6 is 27.3 Å². The van der Waals surface area contributed by atoms with Crippen LogP contribution in [0.2, 0.25) is 0 Å². The van der Waals surface area contributed by atoms with Gasteiger partial charge in [-0.2, -0.15) is 5.10 Å². The second-order valence-electron chi connectivity index (χ2n) is 10.7. The first kappa shape index (κ1) is 26.8. The van der Waals surface area contributed by atoms with Gasteiger partial charge < -0.3 is 10.2 Å². The van der Waals surface area contributed by atoms with Crippen molar-refractivity contribution in [2.24, 2.45) is 11.3 Å². The van der Waals surface area contributed by atoms with E-state index in [2.05, 4.69) is 80.5 Å². The summed E-state index contributed by atoms with van der Waals surface area (Å²) in [5.74, 6) is 1.28. The lowest BCUT2D eigenvalue weighted by atomic mass is 9.86. The number of aryl methyl sites for hydroxylation is 1. The number of halogens is 1. The van der Waals surface area contributed by atoms with Crippen LogP contribution in [0.4, 0.5) is 0 Å². The van der Waals surface area contributed by atoms with Crippen LogP contribution < -0.4 is 5.32 Å². The Bertz CT molecular complexity index is 1480. The first-order valence-electron chi connectivity index (χ1n) is 12.9. The van der Waals surface area contributed by atoms with Crippen molar-refractivity contribution in [3.63, 3.8) is 0 Å². The highest BCUT2D eigenvalue weighted by atomic mass is 79.9. The van der Waals surface area contributed by atoms with Crippen molar-refractivity contribution in [3.05, 3.63) is 45.4 Å². The third-order valence-corrected chi connectivity index (χ3v) is 8.90. The predicted octanol–water partition coefficient (Wildman–Crippen LogP) is 4.60. The fourth-order valence-corrected chi connectivity index (χ4v) is 6.55. The van der Waals surface area contributed by atoms with Crippen LogP contribution in [-0.2, 0) is 17.6 Å². The van der Waals surface area contributed by atoms with Crippen molar-refractivity contribution < 1.29 is 4.79 Å². The molecule has 2 atom stereocenters. The Morgan fingerprint density at radius 1 is 1.32 bits per heavy atom. The smallest absolute Gasteiger partial charge is 0.225 e. The van der Waals surface area contributed by atoms with Gasteiger partial charge in [-0.3, -0.25) is 4.79 Å². The Labute approximate surface area is 235 Å². The molecule has 1 aliphatic carbocycles. The second-order valence-corrected chi connectivity index (χ2v) is 12.6. The molecule has 5 rings (SSSR count). The van der Waals surface area contributed by atoms with Gasteiger partial charge in [0, 0.05) is 37.2 Å². The molecule has 1 fully saturated rings. The van der Waals surface area contributed by atoms with E-state index in [1.54, 1.807) is 18.4 Å². The van der Waals surface area contributed by atoms with E-state index in [0.29, 0.717) is 10.5 Å². The van der Waals surface area contributed by atoms with Gasteiger partial charge in [0.2, 0.25) is 5.91 Å². The molecule has 3 aromatic heterocycles. The first-order chi connectivity index (χ1) is 18.2. The van der Waals surface area contributed by atoms with Crippen LogP contribution in [0.25, 0.3) is 27.3 Å². The molecule has 0 bridgehead atoms. The number of carbonyl (C=O) groups is 1. The molecule has 0 radical (unpaired) electrons. The van der Waals surface area contributed by atoms with Crippen LogP contribution in [0.3, 0.4) is 0 Å². The molecule has 200 valence electrons. The summed E-state index contributed by atoms with van der Waals surface area (Å²) in [6, 6.07) is 6.36. The monoisotopic (exact) mass is 596 g/mol. The number of nitrogens with zero attached hydrogens (tertiary/aromatic N) is 7. The molecule has 38 heavy (non-hydrogen) atoms. The molecule has 0 unspecified atom stereocenters. The van der Waals surface area contributed by atoms with Gasteiger partial charge in [-0.05, 0) is 92.3 Å². The fourth-order valence-electron chi connectivity index (χ4n) is 5.36. The maximum Gasteiger partial charge on any atom is 0.225 e. The summed E-state index contributed by atoms with van der Waals surface area (Å²) in [5.41, 5.74) is 3.70. The van der Waals surface area contributed by atoms with Crippen molar-refractivity contribution >= 4 is 44.2 Å². The summed E-state index contributed by atoms with van der Waals surface area (Å²) in [6.07, 6.45) is 6.20. The minimum atomic E-state index is -0.315. The van der Waals surface area contributed by atoms with Crippen LogP contribution in [-0.4, -0.2) is 68.4 Å². The molecular formula is C27H33BrN8OS. The predicted molar refractivity (Wildman–Crippen MR) is 153 cm³/mol. The van der Waals surface area contributed by atoms with Crippen molar-refractivity contribution in [2.75, 3.05) is 27.7 Å². The Morgan fingerprint density at radius 2 is 2.13 bits per heavy atom. The zero-order valence-corrected chi connectivity index (χ0v) is 24.9. The number of hydrogen-bond donors (Lipinski definition) is 1. The number of aromatic nitrogens is 6. The molecular weight excluding hydrogens is 564 g/mol. The summed E-state index contributed by atoms with van der Waals surface area (Å²) in [6.45, 7) is 4.95. The maximum atomic E-state index is 12.4. The van der Waals surface area contributed by atoms with E-state index in [1.807, 2.05) is 17.8 Å². The van der Waals surface area contributed by atoms with Crippen molar-refractivity contribution in [3.8, 4) is 16.3 Å². The van der Waals surface area contributed by atoms with Crippen molar-refractivity contribution in [2.45, 2.75) is 46.0 Å². The number of carbonyl (C=O) groups excluding carboxylic acids is 1. The quantitative estimate of drug-likeness (QED) is 0.317. The van der Waals surface area contributed by atoms with Gasteiger partial charge in [0.25, 0.3) is 0 Å². The van der Waals surface area contributed by atoms with E-state index in [0.717, 1.165) is 76.8 Å². The zero-order chi connectivity index (χ0) is 27.0. The summed E-state index contributed by atoms with van der Waals surface area (Å²) < 4.78 is 2.60. The summed E-state index contributed by atoms with van der Waals surface area (Å²) in [7, 11) is 5.87. The van der Waals surface area contributed by atoms with Gasteiger partial charge in [-0.1, -0.05) is 18.3 Å². The Morgan fingerprint density at radius 3 is 2.84 bits per heavy atom. The van der Waals surface area contributed by atoms with Crippen LogP contribution in [0.5, 0.6) is 0 Å². The van der Waals surface area contributed by atoms with Gasteiger partial charge in [0.15, 0.2) is 5.65 Å². The van der Waals surface area contributed by atoms with E-state index in [9.17, 15) is 4.79 Å². The lowest BCUT2D eigenvalue weighted by Crippen LogP contribution is -2.35. The normalized spacial score (nSPS) is 19.5. The molecule has 1 aliphatic rings. The lowest BCUT2D eigenvalue weighted by molar-refractivity contribution is -0.129. The first-order valence-corrected chi connectivity index (χ1v) is 14.5. The van der Waals surface area contributed by atoms with Gasteiger partial charge in [0.05, 0.1) is 11.1 Å². The average Bonchev–Trinajstić information content (AvgIpc) is 3.59. The molecule has 1 aromatic carbocycles. The zero-order valence-electron chi connectivity index (χ0n) is 22.5. The minimum Gasteiger partial charge on any atom is -0.359 e. The van der Waals surface area contributed by atoms with Gasteiger partial charge in [-0.25, -0.2) is 14.6 Å². The van der Waals surface area contributed by atoms with Crippen molar-refractivity contribution in [1.29, 1.82) is 0 Å². The molecule has 9 nitrogen and oxygen atoms in total. The van der Waals surface area contributed by atoms with Gasteiger partial charge in [-0.15, -0.1) is 10.2 Å². The highest BCUT2D eigenvalue weighted by molar-refractivity contribution is 9.10. The largest absolute Gasteiger partial charge is 0.359 e. The number of fused-ring (bicyclic) bond motifs is 1. The molecule has 4 aromatic rings. The molecule has 1 saturated carbocycles. The van der Waals surface area contributed by atoms with E-state index in [4.69, 9.17) is 10.1 Å². The number of likely N-dealkylation sites (N-methyl/N-ethyl adjacent to an activating group) is 1. The molecule has 0 saturated heterocycles. The second kappa shape index (κ2) is 10.8. The summed E-state index contributed by atoms with van der Waals surface area (Å²) >= 11 is 5.22. The fraction of sp³-hybridized carbons (Fsp3) is 0.481. The Balaban J connectivity index is 1.48. The number of amides is 1. The highest BCUT2D eigenvalue weighted by Crippen LogP contribution is 2.43. The Kier molecular flexibility index (Phi) is 7.61. The van der Waals surface area contributed by atoms with Crippen molar-refractivity contribution in [1.82, 2.24) is 40.2 Å². The molecule has 3 heterocycles. The SMILES string of the molecule is CNC(=O)[C@]1(C)CC[C@@H](Cc2ncc3c(Br)nn(-c4ccc(-c5nnc(C)s5)c(CCN(C)C)c4)c3n2)C1. The summed E-state index contributed by atoms with van der Waals surface area (Å²) in [4.78, 5) is 24.2. The molecule has 0 aliphatic heterocycles. The van der Waals surface area contributed by atoms with Gasteiger partial charge >= 0.3 is 0 Å². The third kappa shape index (κ3) is 5.37. The summed E-state index contributed by atoms with van der Waals surface area (Å²) in [5, 5.41) is 19.0. The number of rotatable bonds is 8. The number of nitrogens with one attached hydrogen (secondary N) is 1. The maximum absolute atomic E-state index is 12.4. The van der Waals surface area contributed by atoms with Crippen LogP contribution in [0.1, 0.15) is 42.6 Å². The lowest BCUT2D eigenvalue weighted by Gasteiger charge is -2.21. The van der Waals surface area contributed by atoms with Crippen LogP contribution in [0.15, 0.2) is 29.0 Å². The third-order valence-electron chi connectivity index (χ3n) is 7.44. The standard InChI is InChI=1S/C27H33BrN8OS/c1-16-32-33-25(38-16)20-7-6-19(13-18(20)9-11-35(4)5)36-24-21(23(28)34-36)15-30-22(31-24)12-17-8-10-27(2,14-17)26(37)29-3/h6-7,13,15,17H,8-12,14H2,1-5H3,(H,29,37)/t17-,27+/m0/s1. The number of hydrogen-bond acceptors (Lipinski definition) is 8. The molecule has 1 N–H and O–H groups in total. The van der Waals surface area contributed by atoms with Crippen LogP contribution in [0, 0.1) is 18.3 Å². The molecule has 1 amide bonds. The van der Waals surface area contributed by atoms with E-state index in [-0.39, 0.29) is 11.3 Å². The molecule has 0 spiro atoms. The molecule has 11 heteroatoms.